The van der Waals surface area contributed by atoms with Crippen molar-refractivity contribution in [3.8, 4) is 0 Å². The van der Waals surface area contributed by atoms with Crippen molar-refractivity contribution in [2.24, 2.45) is 0 Å². The number of amides is 1. The van der Waals surface area contributed by atoms with Gasteiger partial charge in [0.2, 0.25) is 0 Å². The second-order valence-corrected chi connectivity index (χ2v) is 7.40. The van der Waals surface area contributed by atoms with Crippen molar-refractivity contribution in [1.29, 1.82) is 0 Å². The fourth-order valence-corrected chi connectivity index (χ4v) is 3.33. The first-order chi connectivity index (χ1) is 8.41. The van der Waals surface area contributed by atoms with Crippen LogP contribution in [0.3, 0.4) is 0 Å². The highest BCUT2D eigenvalue weighted by atomic mass is 79.9. The van der Waals surface area contributed by atoms with E-state index in [2.05, 4.69) is 20.9 Å². The van der Waals surface area contributed by atoms with E-state index in [1.54, 1.807) is 11.1 Å². The van der Waals surface area contributed by atoms with E-state index in [9.17, 15) is 13.2 Å². The number of pyridine rings is 1. The first kappa shape index (κ1) is 13.5. The Morgan fingerprint density at radius 2 is 1.94 bits per heavy atom. The predicted octanol–water partition coefficient (Wildman–Crippen LogP) is 1.02. The Balaban J connectivity index is 2.20. The molecule has 0 saturated carbocycles. The van der Waals surface area contributed by atoms with Gasteiger partial charge in [-0.1, -0.05) is 0 Å². The number of halogens is 1. The van der Waals surface area contributed by atoms with Crippen LogP contribution in [0.25, 0.3) is 0 Å². The van der Waals surface area contributed by atoms with Gasteiger partial charge < -0.3 is 4.90 Å². The summed E-state index contributed by atoms with van der Waals surface area (Å²) in [5.41, 5.74) is 1.34. The third kappa shape index (κ3) is 2.72. The van der Waals surface area contributed by atoms with Crippen LogP contribution in [0, 0.1) is 6.92 Å². The monoisotopic (exact) mass is 332 g/mol. The number of hydrogen-bond donors (Lipinski definition) is 0. The van der Waals surface area contributed by atoms with Crippen LogP contribution in [0.2, 0.25) is 0 Å². The summed E-state index contributed by atoms with van der Waals surface area (Å²) >= 11 is 3.33. The second-order valence-electron chi connectivity index (χ2n) is 4.24. The van der Waals surface area contributed by atoms with Crippen molar-refractivity contribution in [3.05, 3.63) is 28.0 Å². The molecule has 0 spiro atoms. The van der Waals surface area contributed by atoms with E-state index in [1.165, 1.54) is 6.20 Å². The van der Waals surface area contributed by atoms with Gasteiger partial charge in [0.1, 0.15) is 0 Å². The maximum absolute atomic E-state index is 12.3. The quantitative estimate of drug-likeness (QED) is 0.770. The Morgan fingerprint density at radius 3 is 2.56 bits per heavy atom. The first-order valence-corrected chi connectivity index (χ1v) is 8.12. The van der Waals surface area contributed by atoms with Gasteiger partial charge in [0.15, 0.2) is 9.84 Å². The molecule has 1 saturated heterocycles. The van der Waals surface area contributed by atoms with E-state index in [4.69, 9.17) is 0 Å². The van der Waals surface area contributed by atoms with Crippen molar-refractivity contribution in [1.82, 2.24) is 9.88 Å². The maximum atomic E-state index is 12.3. The molecule has 1 fully saturated rings. The highest BCUT2D eigenvalue weighted by Crippen LogP contribution is 2.20. The highest BCUT2D eigenvalue weighted by Gasteiger charge is 2.26. The summed E-state index contributed by atoms with van der Waals surface area (Å²) in [7, 11) is -2.97. The predicted molar refractivity (Wildman–Crippen MR) is 71.2 cm³/mol. The first-order valence-electron chi connectivity index (χ1n) is 5.50. The summed E-state index contributed by atoms with van der Waals surface area (Å²) in [6.45, 7) is 2.35. The molecule has 0 atom stereocenters. The molecule has 0 unspecified atom stereocenters. The van der Waals surface area contributed by atoms with Crippen LogP contribution in [0.5, 0.6) is 0 Å². The van der Waals surface area contributed by atoms with Crippen molar-refractivity contribution < 1.29 is 13.2 Å². The Hall–Kier alpha value is -0.950. The van der Waals surface area contributed by atoms with Crippen molar-refractivity contribution in [3.63, 3.8) is 0 Å². The zero-order chi connectivity index (χ0) is 13.3. The molecule has 1 aromatic heterocycles. The highest BCUT2D eigenvalue weighted by molar-refractivity contribution is 9.10. The standard InChI is InChI=1S/C11H13BrN2O3S/c1-8-9(6-13-7-10(8)12)11(15)14-2-4-18(16,17)5-3-14/h6-7H,2-5H2,1H3. The minimum Gasteiger partial charge on any atom is -0.337 e. The van der Waals surface area contributed by atoms with Crippen LogP contribution >= 0.6 is 15.9 Å². The van der Waals surface area contributed by atoms with E-state index in [0.29, 0.717) is 5.56 Å². The van der Waals surface area contributed by atoms with Gasteiger partial charge in [-0.2, -0.15) is 0 Å². The Morgan fingerprint density at radius 1 is 1.33 bits per heavy atom. The molecule has 1 aliphatic rings. The molecule has 0 radical (unpaired) electrons. The number of carbonyl (C=O) groups excluding carboxylic acids is 1. The summed E-state index contributed by atoms with van der Waals surface area (Å²) < 4.78 is 23.4. The molecule has 1 aliphatic heterocycles. The average molecular weight is 333 g/mol. The molecule has 0 bridgehead atoms. The van der Waals surface area contributed by atoms with Gasteiger partial charge in [-0.3, -0.25) is 9.78 Å². The van der Waals surface area contributed by atoms with Gasteiger partial charge in [0.25, 0.3) is 5.91 Å². The van der Waals surface area contributed by atoms with E-state index in [-0.39, 0.29) is 30.5 Å². The molecular weight excluding hydrogens is 320 g/mol. The molecule has 0 aliphatic carbocycles. The molecule has 0 aromatic carbocycles. The second kappa shape index (κ2) is 4.97. The van der Waals surface area contributed by atoms with Crippen LogP contribution in [0.1, 0.15) is 15.9 Å². The smallest absolute Gasteiger partial charge is 0.255 e. The summed E-state index contributed by atoms with van der Waals surface area (Å²) in [6.07, 6.45) is 3.15. The maximum Gasteiger partial charge on any atom is 0.255 e. The van der Waals surface area contributed by atoms with Gasteiger partial charge in [-0.25, -0.2) is 8.42 Å². The van der Waals surface area contributed by atoms with Crippen molar-refractivity contribution in [2.75, 3.05) is 24.6 Å². The zero-order valence-electron chi connectivity index (χ0n) is 9.89. The summed E-state index contributed by atoms with van der Waals surface area (Å²) in [4.78, 5) is 17.8. The molecular formula is C11H13BrN2O3S. The number of rotatable bonds is 1. The van der Waals surface area contributed by atoms with Gasteiger partial charge in [-0.15, -0.1) is 0 Å². The minimum atomic E-state index is -2.97. The number of hydrogen-bond acceptors (Lipinski definition) is 4. The SMILES string of the molecule is Cc1c(Br)cncc1C(=O)N1CCS(=O)(=O)CC1. The van der Waals surface area contributed by atoms with Gasteiger partial charge in [-0.05, 0) is 28.4 Å². The Labute approximate surface area is 114 Å². The average Bonchev–Trinajstić information content (AvgIpc) is 2.32. The minimum absolute atomic E-state index is 0.0409. The molecule has 2 rings (SSSR count). The van der Waals surface area contributed by atoms with E-state index < -0.39 is 9.84 Å². The lowest BCUT2D eigenvalue weighted by molar-refractivity contribution is 0.0769. The Bertz CT molecular complexity index is 572. The molecule has 5 nitrogen and oxygen atoms in total. The van der Waals surface area contributed by atoms with Gasteiger partial charge in [0, 0.05) is 30.0 Å². The lowest BCUT2D eigenvalue weighted by atomic mass is 10.1. The number of aromatic nitrogens is 1. The van der Waals surface area contributed by atoms with E-state index >= 15 is 0 Å². The Kier molecular flexibility index (Phi) is 3.72. The third-order valence-corrected chi connectivity index (χ3v) is 5.42. The van der Waals surface area contributed by atoms with E-state index in [1.807, 2.05) is 6.92 Å². The van der Waals surface area contributed by atoms with E-state index in [0.717, 1.165) is 10.0 Å². The molecule has 98 valence electrons. The zero-order valence-corrected chi connectivity index (χ0v) is 12.3. The molecule has 1 aromatic rings. The normalized spacial score (nSPS) is 18.7. The fraction of sp³-hybridized carbons (Fsp3) is 0.455. The van der Waals surface area contributed by atoms with Crippen LogP contribution in [-0.2, 0) is 9.84 Å². The van der Waals surface area contributed by atoms with Gasteiger partial charge in [0.05, 0.1) is 17.1 Å². The summed E-state index contributed by atoms with van der Waals surface area (Å²) in [5.74, 6) is -0.0745. The molecule has 18 heavy (non-hydrogen) atoms. The number of sulfone groups is 1. The fourth-order valence-electron chi connectivity index (χ4n) is 1.80. The molecule has 2 heterocycles. The van der Waals surface area contributed by atoms with Crippen LogP contribution in [0.15, 0.2) is 16.9 Å². The van der Waals surface area contributed by atoms with Crippen LogP contribution in [-0.4, -0.2) is 48.8 Å². The topological polar surface area (TPSA) is 67.3 Å². The van der Waals surface area contributed by atoms with Crippen molar-refractivity contribution >= 4 is 31.7 Å². The molecule has 1 amide bonds. The lowest BCUT2D eigenvalue weighted by Crippen LogP contribution is -2.44. The van der Waals surface area contributed by atoms with Crippen LogP contribution < -0.4 is 0 Å². The molecule has 0 N–H and O–H groups in total. The number of carbonyl (C=O) groups is 1. The summed E-state index contributed by atoms with van der Waals surface area (Å²) in [5, 5.41) is 0. The van der Waals surface area contributed by atoms with Crippen LogP contribution in [0.4, 0.5) is 0 Å². The third-order valence-electron chi connectivity index (χ3n) is 3.02. The van der Waals surface area contributed by atoms with Gasteiger partial charge >= 0.3 is 0 Å². The largest absolute Gasteiger partial charge is 0.337 e. The molecule has 7 heteroatoms. The number of nitrogens with zero attached hydrogens (tertiary/aromatic N) is 2. The lowest BCUT2D eigenvalue weighted by Gasteiger charge is -2.27. The van der Waals surface area contributed by atoms with Crippen molar-refractivity contribution in [2.45, 2.75) is 6.92 Å². The summed E-state index contributed by atoms with van der Waals surface area (Å²) in [6, 6.07) is 0.